The predicted octanol–water partition coefficient (Wildman–Crippen LogP) is 7.55. The van der Waals surface area contributed by atoms with Crippen molar-refractivity contribution in [2.45, 2.75) is 84.0 Å². The molecule has 1 heteroatoms. The van der Waals surface area contributed by atoms with Crippen LogP contribution in [-0.2, 0) is 6.42 Å². The van der Waals surface area contributed by atoms with Gasteiger partial charge >= 0.3 is 0 Å². The van der Waals surface area contributed by atoms with Gasteiger partial charge in [-0.2, -0.15) is 0 Å². The molecule has 0 spiro atoms. The highest BCUT2D eigenvalue weighted by atomic mass is 79.9. The first-order valence-corrected chi connectivity index (χ1v) is 10.3. The highest BCUT2D eigenvalue weighted by Crippen LogP contribution is 2.34. The van der Waals surface area contributed by atoms with E-state index in [0.717, 1.165) is 11.8 Å². The Morgan fingerprint density at radius 2 is 1.36 bits per heavy atom. The van der Waals surface area contributed by atoms with Crippen LogP contribution in [0.25, 0.3) is 0 Å². The molecule has 0 atom stereocenters. The molecule has 0 heterocycles. The first-order chi connectivity index (χ1) is 10.8. The maximum absolute atomic E-state index is 3.50. The average Bonchev–Trinajstić information content (AvgIpc) is 2.55. The van der Waals surface area contributed by atoms with Crippen LogP contribution in [-0.4, -0.2) is 0 Å². The van der Waals surface area contributed by atoms with Crippen molar-refractivity contribution in [1.29, 1.82) is 0 Å². The van der Waals surface area contributed by atoms with Gasteiger partial charge in [-0.25, -0.2) is 0 Å². The smallest absolute Gasteiger partial charge is 0.0175 e. The zero-order valence-corrected chi connectivity index (χ0v) is 15.9. The number of aryl methyl sites for hydroxylation is 1. The quantitative estimate of drug-likeness (QED) is 0.396. The molecule has 1 aliphatic carbocycles. The van der Waals surface area contributed by atoms with Crippen LogP contribution in [0.3, 0.4) is 0 Å². The van der Waals surface area contributed by atoms with Crippen molar-refractivity contribution < 1.29 is 0 Å². The van der Waals surface area contributed by atoms with Gasteiger partial charge < -0.3 is 0 Å². The summed E-state index contributed by atoms with van der Waals surface area (Å²) in [6, 6.07) is 8.83. The Balaban J connectivity index is 1.52. The molecule has 1 saturated carbocycles. The van der Waals surface area contributed by atoms with Gasteiger partial charge in [0.15, 0.2) is 0 Å². The third kappa shape index (κ3) is 6.86. The highest BCUT2D eigenvalue weighted by molar-refractivity contribution is 9.10. The van der Waals surface area contributed by atoms with Crippen LogP contribution in [0, 0.1) is 11.8 Å². The van der Waals surface area contributed by atoms with E-state index in [2.05, 4.69) is 47.1 Å². The van der Waals surface area contributed by atoms with Crippen LogP contribution in [0.1, 0.15) is 83.1 Å². The zero-order chi connectivity index (χ0) is 15.6. The molecule has 0 unspecified atom stereocenters. The van der Waals surface area contributed by atoms with E-state index in [9.17, 15) is 0 Å². The van der Waals surface area contributed by atoms with E-state index in [1.165, 1.54) is 87.1 Å². The second-order valence-corrected chi connectivity index (χ2v) is 8.17. The van der Waals surface area contributed by atoms with Gasteiger partial charge in [-0.1, -0.05) is 99.2 Å². The van der Waals surface area contributed by atoms with Gasteiger partial charge in [0.05, 0.1) is 0 Å². The van der Waals surface area contributed by atoms with Gasteiger partial charge in [0, 0.05) is 4.47 Å². The molecule has 0 aromatic heterocycles. The first-order valence-electron chi connectivity index (χ1n) is 9.52. The van der Waals surface area contributed by atoms with Crippen LogP contribution in [0.15, 0.2) is 28.7 Å². The topological polar surface area (TPSA) is 0 Å². The number of hydrogen-bond acceptors (Lipinski definition) is 0. The molecule has 1 aliphatic rings. The van der Waals surface area contributed by atoms with Gasteiger partial charge in [0.1, 0.15) is 0 Å². The normalized spacial score (nSPS) is 21.9. The molecular formula is C21H33Br. The van der Waals surface area contributed by atoms with Crippen molar-refractivity contribution in [2.24, 2.45) is 11.8 Å². The fourth-order valence-corrected chi connectivity index (χ4v) is 4.17. The van der Waals surface area contributed by atoms with E-state index in [4.69, 9.17) is 0 Å². The zero-order valence-electron chi connectivity index (χ0n) is 14.3. The number of halogens is 1. The summed E-state index contributed by atoms with van der Waals surface area (Å²) in [5.41, 5.74) is 1.49. The molecule has 1 aromatic carbocycles. The minimum Gasteiger partial charge on any atom is -0.0654 e. The van der Waals surface area contributed by atoms with Crippen LogP contribution in [0.2, 0.25) is 0 Å². The van der Waals surface area contributed by atoms with Crippen molar-refractivity contribution in [1.82, 2.24) is 0 Å². The molecule has 0 aliphatic heterocycles. The fraction of sp³-hybridized carbons (Fsp3) is 0.714. The third-order valence-corrected chi connectivity index (χ3v) is 5.95. The van der Waals surface area contributed by atoms with Gasteiger partial charge in [-0.3, -0.25) is 0 Å². The Kier molecular flexibility index (Phi) is 8.59. The summed E-state index contributed by atoms with van der Waals surface area (Å²) in [5.74, 6) is 2.10. The maximum atomic E-state index is 3.50. The van der Waals surface area contributed by atoms with Gasteiger partial charge in [0.2, 0.25) is 0 Å². The summed E-state index contributed by atoms with van der Waals surface area (Å²) < 4.78 is 1.19. The largest absolute Gasteiger partial charge is 0.0654 e. The Morgan fingerprint density at radius 1 is 0.818 bits per heavy atom. The SMILES string of the molecule is CCCCCC1CCC(CCCCc2ccc(Br)cc2)CC1. The molecule has 0 amide bonds. The molecule has 0 nitrogen and oxygen atoms in total. The summed E-state index contributed by atoms with van der Waals surface area (Å²) >= 11 is 3.50. The van der Waals surface area contributed by atoms with E-state index in [1.54, 1.807) is 0 Å². The summed E-state index contributed by atoms with van der Waals surface area (Å²) in [7, 11) is 0. The van der Waals surface area contributed by atoms with Crippen LogP contribution >= 0.6 is 15.9 Å². The Morgan fingerprint density at radius 3 is 1.91 bits per heavy atom. The first kappa shape index (κ1) is 18.0. The molecule has 124 valence electrons. The molecule has 22 heavy (non-hydrogen) atoms. The lowest BCUT2D eigenvalue weighted by Crippen LogP contribution is -2.14. The Bertz CT molecular complexity index is 387. The molecule has 0 saturated heterocycles. The summed E-state index contributed by atoms with van der Waals surface area (Å²) in [4.78, 5) is 0. The molecule has 0 bridgehead atoms. The standard InChI is InChI=1S/C21H33Br/c1-2-3-4-7-18-10-12-19(13-11-18)8-5-6-9-20-14-16-21(22)17-15-20/h14-19H,2-13H2,1H3. The monoisotopic (exact) mass is 364 g/mol. The minimum absolute atomic E-state index is 1.03. The van der Waals surface area contributed by atoms with Crippen molar-refractivity contribution in [3.05, 3.63) is 34.3 Å². The molecule has 0 radical (unpaired) electrons. The van der Waals surface area contributed by atoms with Gasteiger partial charge in [0.25, 0.3) is 0 Å². The lowest BCUT2D eigenvalue weighted by Gasteiger charge is -2.28. The van der Waals surface area contributed by atoms with Crippen molar-refractivity contribution >= 4 is 15.9 Å². The summed E-state index contributed by atoms with van der Waals surface area (Å²) in [5, 5.41) is 0. The van der Waals surface area contributed by atoms with Crippen LogP contribution in [0.4, 0.5) is 0 Å². The lowest BCUT2D eigenvalue weighted by atomic mass is 9.78. The van der Waals surface area contributed by atoms with E-state index in [1.807, 2.05) is 0 Å². The lowest BCUT2D eigenvalue weighted by molar-refractivity contribution is 0.245. The summed E-state index contributed by atoms with van der Waals surface area (Å²) in [6.07, 6.45) is 17.3. The molecule has 0 N–H and O–H groups in total. The summed E-state index contributed by atoms with van der Waals surface area (Å²) in [6.45, 7) is 2.31. The Labute approximate surface area is 146 Å². The predicted molar refractivity (Wildman–Crippen MR) is 101 cm³/mol. The second kappa shape index (κ2) is 10.5. The fourth-order valence-electron chi connectivity index (χ4n) is 3.91. The van der Waals surface area contributed by atoms with Crippen molar-refractivity contribution in [2.75, 3.05) is 0 Å². The number of unbranched alkanes of at least 4 members (excludes halogenated alkanes) is 3. The Hall–Kier alpha value is -0.300. The molecule has 1 aromatic rings. The van der Waals surface area contributed by atoms with E-state index >= 15 is 0 Å². The van der Waals surface area contributed by atoms with Crippen molar-refractivity contribution in [3.63, 3.8) is 0 Å². The van der Waals surface area contributed by atoms with E-state index < -0.39 is 0 Å². The maximum Gasteiger partial charge on any atom is 0.0175 e. The van der Waals surface area contributed by atoms with Gasteiger partial charge in [-0.15, -0.1) is 0 Å². The minimum atomic E-state index is 1.03. The number of rotatable bonds is 9. The van der Waals surface area contributed by atoms with E-state index in [0.29, 0.717) is 0 Å². The van der Waals surface area contributed by atoms with Crippen LogP contribution < -0.4 is 0 Å². The van der Waals surface area contributed by atoms with Crippen molar-refractivity contribution in [3.8, 4) is 0 Å². The number of hydrogen-bond donors (Lipinski definition) is 0. The number of benzene rings is 1. The second-order valence-electron chi connectivity index (χ2n) is 7.25. The highest BCUT2D eigenvalue weighted by Gasteiger charge is 2.20. The molecule has 2 rings (SSSR count). The molecular weight excluding hydrogens is 332 g/mol. The molecule has 1 fully saturated rings. The van der Waals surface area contributed by atoms with Gasteiger partial charge in [-0.05, 0) is 42.4 Å². The third-order valence-electron chi connectivity index (χ3n) is 5.42. The average molecular weight is 365 g/mol. The van der Waals surface area contributed by atoms with Crippen LogP contribution in [0.5, 0.6) is 0 Å². The van der Waals surface area contributed by atoms with E-state index in [-0.39, 0.29) is 0 Å².